The summed E-state index contributed by atoms with van der Waals surface area (Å²) in [6.07, 6.45) is 5.58. The Balaban J connectivity index is 1.84. The molecular weight excluding hydrogens is 186 g/mol. The molecule has 2 rings (SSSR count). The van der Waals surface area contributed by atoms with Gasteiger partial charge in [0.25, 0.3) is 0 Å². The maximum absolute atomic E-state index is 8.75. The summed E-state index contributed by atoms with van der Waals surface area (Å²) in [6, 6.07) is 2.86. The smallest absolute Gasteiger partial charge is 0.0866 e. The summed E-state index contributed by atoms with van der Waals surface area (Å²) in [4.78, 5) is 2.30. The van der Waals surface area contributed by atoms with Gasteiger partial charge < -0.3 is 5.32 Å². The van der Waals surface area contributed by atoms with Crippen molar-refractivity contribution in [1.29, 1.82) is 5.26 Å². The number of likely N-dealkylation sites (tertiary alicyclic amines) is 1. The number of nitrogens with zero attached hydrogens (tertiary/aromatic N) is 2. The Kier molecular flexibility index (Phi) is 3.61. The van der Waals surface area contributed by atoms with Gasteiger partial charge in [0, 0.05) is 19.1 Å². The first-order valence-electron chi connectivity index (χ1n) is 6.08. The Labute approximate surface area is 92.4 Å². The van der Waals surface area contributed by atoms with E-state index in [2.05, 4.69) is 16.3 Å². The van der Waals surface area contributed by atoms with Gasteiger partial charge in [-0.2, -0.15) is 5.26 Å². The lowest BCUT2D eigenvalue weighted by Gasteiger charge is -2.36. The summed E-state index contributed by atoms with van der Waals surface area (Å²) in [5.74, 6) is 1.83. The second kappa shape index (κ2) is 4.96. The average Bonchev–Trinajstić information content (AvgIpc) is 3.02. The first kappa shape index (κ1) is 10.9. The molecule has 2 aliphatic rings. The molecule has 0 aromatic heterocycles. The minimum atomic E-state index is 0.593. The minimum absolute atomic E-state index is 0.593. The highest BCUT2D eigenvalue weighted by Gasteiger charge is 2.31. The zero-order chi connectivity index (χ0) is 10.7. The van der Waals surface area contributed by atoms with E-state index in [1.54, 1.807) is 0 Å². The van der Waals surface area contributed by atoms with Crippen LogP contribution < -0.4 is 5.32 Å². The molecule has 0 aromatic carbocycles. The van der Waals surface area contributed by atoms with Crippen LogP contribution in [-0.4, -0.2) is 37.6 Å². The molecule has 0 aromatic rings. The van der Waals surface area contributed by atoms with E-state index in [-0.39, 0.29) is 0 Å². The Hall–Kier alpha value is -0.590. The largest absolute Gasteiger partial charge is 0.316 e. The van der Waals surface area contributed by atoms with Crippen molar-refractivity contribution in [3.8, 4) is 6.07 Å². The molecule has 2 atom stereocenters. The molecule has 2 fully saturated rings. The Morgan fingerprint density at radius 2 is 2.13 bits per heavy atom. The Morgan fingerprint density at radius 3 is 2.73 bits per heavy atom. The lowest BCUT2D eigenvalue weighted by molar-refractivity contribution is 0.150. The molecule has 1 aliphatic heterocycles. The number of rotatable bonds is 4. The van der Waals surface area contributed by atoms with Crippen LogP contribution in [0, 0.1) is 23.2 Å². The van der Waals surface area contributed by atoms with Crippen LogP contribution in [0.3, 0.4) is 0 Å². The quantitative estimate of drug-likeness (QED) is 0.705. The van der Waals surface area contributed by atoms with Gasteiger partial charge in [0.05, 0.1) is 12.6 Å². The van der Waals surface area contributed by atoms with Gasteiger partial charge in [-0.05, 0) is 31.7 Å². The number of nitriles is 1. The molecular formula is C12H21N3. The second-order valence-electron chi connectivity index (χ2n) is 5.12. The van der Waals surface area contributed by atoms with Gasteiger partial charge in [0.15, 0.2) is 0 Å². The Bertz CT molecular complexity index is 242. The summed E-state index contributed by atoms with van der Waals surface area (Å²) in [5, 5.41) is 12.1. The fourth-order valence-electron chi connectivity index (χ4n) is 2.74. The van der Waals surface area contributed by atoms with Gasteiger partial charge in [-0.3, -0.25) is 4.90 Å². The van der Waals surface area contributed by atoms with E-state index in [0.29, 0.717) is 12.6 Å². The predicted molar refractivity (Wildman–Crippen MR) is 60.3 cm³/mol. The van der Waals surface area contributed by atoms with Crippen molar-refractivity contribution in [3.05, 3.63) is 0 Å². The van der Waals surface area contributed by atoms with Crippen molar-refractivity contribution in [3.63, 3.8) is 0 Å². The summed E-state index contributed by atoms with van der Waals surface area (Å²) in [7, 11) is 2.04. The molecule has 3 nitrogen and oxygen atoms in total. The van der Waals surface area contributed by atoms with E-state index in [1.807, 2.05) is 7.05 Å². The fraction of sp³-hybridized carbons (Fsp3) is 0.917. The minimum Gasteiger partial charge on any atom is -0.316 e. The average molecular weight is 207 g/mol. The molecule has 1 heterocycles. The SMILES string of the molecule is CNC1CC(CC2CC2)CN(CC#N)C1. The third-order valence-electron chi connectivity index (χ3n) is 3.68. The normalized spacial score (nSPS) is 32.5. The van der Waals surface area contributed by atoms with E-state index < -0.39 is 0 Å². The zero-order valence-electron chi connectivity index (χ0n) is 9.58. The predicted octanol–water partition coefficient (Wildman–Crippen LogP) is 1.22. The molecule has 15 heavy (non-hydrogen) atoms. The Morgan fingerprint density at radius 1 is 1.33 bits per heavy atom. The molecule has 0 spiro atoms. The molecule has 3 heteroatoms. The lowest BCUT2D eigenvalue weighted by atomic mass is 9.90. The highest BCUT2D eigenvalue weighted by Crippen LogP contribution is 2.37. The van der Waals surface area contributed by atoms with Crippen LogP contribution in [0.5, 0.6) is 0 Å². The van der Waals surface area contributed by atoms with Crippen molar-refractivity contribution in [2.75, 3.05) is 26.7 Å². The van der Waals surface area contributed by atoms with Gasteiger partial charge in [-0.25, -0.2) is 0 Å². The number of hydrogen-bond acceptors (Lipinski definition) is 3. The molecule has 1 saturated heterocycles. The lowest BCUT2D eigenvalue weighted by Crippen LogP contribution is -2.48. The van der Waals surface area contributed by atoms with E-state index >= 15 is 0 Å². The number of likely N-dealkylation sites (N-methyl/N-ethyl adjacent to an activating group) is 1. The van der Waals surface area contributed by atoms with Gasteiger partial charge in [-0.1, -0.05) is 12.8 Å². The van der Waals surface area contributed by atoms with E-state index in [9.17, 15) is 0 Å². The first-order chi connectivity index (χ1) is 7.31. The van der Waals surface area contributed by atoms with Crippen LogP contribution in [-0.2, 0) is 0 Å². The van der Waals surface area contributed by atoms with E-state index in [4.69, 9.17) is 5.26 Å². The number of piperidine rings is 1. The topological polar surface area (TPSA) is 39.1 Å². The van der Waals surface area contributed by atoms with Crippen molar-refractivity contribution in [1.82, 2.24) is 10.2 Å². The molecule has 2 unspecified atom stereocenters. The summed E-state index contributed by atoms with van der Waals surface area (Å²) < 4.78 is 0. The molecule has 0 radical (unpaired) electrons. The van der Waals surface area contributed by atoms with Crippen LogP contribution in [0.25, 0.3) is 0 Å². The molecule has 84 valence electrons. The van der Waals surface area contributed by atoms with E-state index in [1.165, 1.54) is 25.7 Å². The van der Waals surface area contributed by atoms with Crippen molar-refractivity contribution in [2.24, 2.45) is 11.8 Å². The van der Waals surface area contributed by atoms with Gasteiger partial charge >= 0.3 is 0 Å². The van der Waals surface area contributed by atoms with E-state index in [0.717, 1.165) is 24.9 Å². The maximum atomic E-state index is 8.75. The second-order valence-corrected chi connectivity index (χ2v) is 5.12. The van der Waals surface area contributed by atoms with Crippen LogP contribution in [0.15, 0.2) is 0 Å². The summed E-state index contributed by atoms with van der Waals surface area (Å²) >= 11 is 0. The van der Waals surface area contributed by atoms with Crippen molar-refractivity contribution < 1.29 is 0 Å². The molecule has 1 aliphatic carbocycles. The van der Waals surface area contributed by atoms with Crippen molar-refractivity contribution >= 4 is 0 Å². The first-order valence-corrected chi connectivity index (χ1v) is 6.08. The molecule has 0 amide bonds. The van der Waals surface area contributed by atoms with Crippen LogP contribution in [0.2, 0.25) is 0 Å². The van der Waals surface area contributed by atoms with Gasteiger partial charge in [-0.15, -0.1) is 0 Å². The highest BCUT2D eigenvalue weighted by molar-refractivity contribution is 4.89. The van der Waals surface area contributed by atoms with Crippen LogP contribution in [0.1, 0.15) is 25.7 Å². The standard InChI is InChI=1S/C12H21N3/c1-14-12-7-11(6-10-2-3-10)8-15(9-12)5-4-13/h10-12,14H,2-3,5-9H2,1H3. The highest BCUT2D eigenvalue weighted by atomic mass is 15.2. The maximum Gasteiger partial charge on any atom is 0.0866 e. The molecule has 0 bridgehead atoms. The third kappa shape index (κ3) is 3.19. The van der Waals surface area contributed by atoms with Crippen LogP contribution >= 0.6 is 0 Å². The summed E-state index contributed by atoms with van der Waals surface area (Å²) in [6.45, 7) is 2.78. The number of hydrogen-bond donors (Lipinski definition) is 1. The summed E-state index contributed by atoms with van der Waals surface area (Å²) in [5.41, 5.74) is 0. The zero-order valence-corrected chi connectivity index (χ0v) is 9.58. The van der Waals surface area contributed by atoms with Gasteiger partial charge in [0.1, 0.15) is 0 Å². The molecule has 1 N–H and O–H groups in total. The fourth-order valence-corrected chi connectivity index (χ4v) is 2.74. The number of nitrogens with one attached hydrogen (secondary N) is 1. The van der Waals surface area contributed by atoms with Crippen LogP contribution in [0.4, 0.5) is 0 Å². The third-order valence-corrected chi connectivity index (χ3v) is 3.68. The monoisotopic (exact) mass is 207 g/mol. The van der Waals surface area contributed by atoms with Gasteiger partial charge in [0.2, 0.25) is 0 Å². The molecule has 1 saturated carbocycles. The van der Waals surface area contributed by atoms with Crippen molar-refractivity contribution in [2.45, 2.75) is 31.7 Å².